The van der Waals surface area contributed by atoms with Crippen LogP contribution >= 0.6 is 23.8 Å². The predicted molar refractivity (Wildman–Crippen MR) is 63.4 cm³/mol. The van der Waals surface area contributed by atoms with Gasteiger partial charge >= 0.3 is 0 Å². The quantitative estimate of drug-likeness (QED) is 0.541. The van der Waals surface area contributed by atoms with Gasteiger partial charge in [-0.15, -0.1) is 5.10 Å². The van der Waals surface area contributed by atoms with Crippen LogP contribution in [0.2, 0.25) is 5.15 Å². The van der Waals surface area contributed by atoms with Crippen LogP contribution in [0.1, 0.15) is 5.82 Å². The van der Waals surface area contributed by atoms with Crippen LogP contribution in [0.4, 0.5) is 0 Å². The van der Waals surface area contributed by atoms with Gasteiger partial charge in [-0.25, -0.2) is 14.6 Å². The first-order valence-corrected chi connectivity index (χ1v) is 5.51. The summed E-state index contributed by atoms with van der Waals surface area (Å²) in [5, 5.41) is 11.1. The number of hydrogen-bond donors (Lipinski definition) is 1. The monoisotopic (exact) mass is 267 g/mol. The zero-order valence-electron chi connectivity index (χ0n) is 8.64. The lowest BCUT2D eigenvalue weighted by Gasteiger charge is -1.98. The maximum Gasteiger partial charge on any atom is 0.284 e. The number of aryl methyl sites for hydroxylation is 1. The molecule has 0 saturated carbocycles. The highest BCUT2D eigenvalue weighted by Gasteiger charge is 2.10. The van der Waals surface area contributed by atoms with E-state index in [2.05, 4.69) is 20.3 Å². The minimum Gasteiger partial charge on any atom is -0.409 e. The van der Waals surface area contributed by atoms with E-state index in [0.29, 0.717) is 28.1 Å². The minimum atomic E-state index is 0.216. The number of aromatic nitrogens is 5. The molecule has 0 aliphatic carbocycles. The Kier molecular flexibility index (Phi) is 2.23. The zero-order valence-corrected chi connectivity index (χ0v) is 10.2. The van der Waals surface area contributed by atoms with Gasteiger partial charge in [0, 0.05) is 5.56 Å². The van der Waals surface area contributed by atoms with E-state index in [0.717, 1.165) is 0 Å². The van der Waals surface area contributed by atoms with E-state index in [-0.39, 0.29) is 4.84 Å². The maximum atomic E-state index is 6.09. The van der Waals surface area contributed by atoms with Gasteiger partial charge in [-0.1, -0.05) is 11.6 Å². The third-order valence-electron chi connectivity index (χ3n) is 2.18. The van der Waals surface area contributed by atoms with Crippen molar-refractivity contribution in [2.75, 3.05) is 0 Å². The number of fused-ring (bicyclic) bond motifs is 1. The molecule has 0 unspecified atom stereocenters. The highest BCUT2D eigenvalue weighted by molar-refractivity contribution is 7.71. The lowest BCUT2D eigenvalue weighted by atomic mass is 10.2. The third-order valence-corrected chi connectivity index (χ3v) is 2.63. The van der Waals surface area contributed by atoms with Crippen LogP contribution in [0.15, 0.2) is 16.5 Å². The summed E-state index contributed by atoms with van der Waals surface area (Å²) >= 11 is 10.9. The zero-order chi connectivity index (χ0) is 12.0. The molecular formula is C9H6ClN5OS. The largest absolute Gasteiger partial charge is 0.409 e. The van der Waals surface area contributed by atoms with Gasteiger partial charge in [-0.05, 0) is 31.3 Å². The Morgan fingerprint density at radius 1 is 1.47 bits per heavy atom. The summed E-state index contributed by atoms with van der Waals surface area (Å²) in [5.74, 6) is 1.02. The van der Waals surface area contributed by atoms with Crippen LogP contribution < -0.4 is 0 Å². The molecule has 0 radical (unpaired) electrons. The molecule has 0 spiro atoms. The molecule has 8 heteroatoms. The van der Waals surface area contributed by atoms with Crippen molar-refractivity contribution in [2.24, 2.45) is 0 Å². The number of H-pyrrole nitrogens is 1. The number of rotatable bonds is 1. The molecule has 86 valence electrons. The van der Waals surface area contributed by atoms with E-state index in [1.165, 1.54) is 0 Å². The van der Waals surface area contributed by atoms with Crippen molar-refractivity contribution in [3.05, 3.63) is 27.9 Å². The van der Waals surface area contributed by atoms with E-state index in [4.69, 9.17) is 28.2 Å². The van der Waals surface area contributed by atoms with Gasteiger partial charge in [0.05, 0.1) is 0 Å². The first-order valence-electron chi connectivity index (χ1n) is 4.72. The second-order valence-corrected chi connectivity index (χ2v) is 4.17. The Bertz CT molecular complexity index is 758. The summed E-state index contributed by atoms with van der Waals surface area (Å²) in [6.45, 7) is 1.79. The van der Waals surface area contributed by atoms with E-state index < -0.39 is 0 Å². The lowest BCUT2D eigenvalue weighted by Crippen LogP contribution is -1.91. The smallest absolute Gasteiger partial charge is 0.284 e. The Labute approximate surface area is 105 Å². The van der Waals surface area contributed by atoms with Crippen LogP contribution in [0.3, 0.4) is 0 Å². The molecule has 1 N–H and O–H groups in total. The molecule has 0 bridgehead atoms. The van der Waals surface area contributed by atoms with E-state index in [1.54, 1.807) is 23.6 Å². The van der Waals surface area contributed by atoms with Crippen LogP contribution in [0, 0.1) is 11.8 Å². The Hall–Kier alpha value is -1.73. The Morgan fingerprint density at radius 3 is 3.00 bits per heavy atom. The molecule has 0 saturated heterocycles. The topological polar surface area (TPSA) is 72.0 Å². The van der Waals surface area contributed by atoms with Crippen molar-refractivity contribution in [3.8, 4) is 11.5 Å². The second-order valence-electron chi connectivity index (χ2n) is 3.41. The average Bonchev–Trinajstić information content (AvgIpc) is 2.83. The van der Waals surface area contributed by atoms with Crippen molar-refractivity contribution >= 4 is 29.5 Å². The maximum absolute atomic E-state index is 6.09. The average molecular weight is 268 g/mol. The number of nitrogens with one attached hydrogen (secondary N) is 1. The van der Waals surface area contributed by atoms with Gasteiger partial charge in [0.2, 0.25) is 5.89 Å². The number of halogens is 1. The van der Waals surface area contributed by atoms with Crippen LogP contribution in [-0.2, 0) is 0 Å². The Balaban J connectivity index is 2.28. The van der Waals surface area contributed by atoms with Gasteiger partial charge in [0.25, 0.3) is 4.84 Å². The molecule has 3 heterocycles. The fourth-order valence-corrected chi connectivity index (χ4v) is 1.90. The molecule has 0 aromatic carbocycles. The predicted octanol–water partition coefficient (Wildman–Crippen LogP) is 2.40. The molecule has 0 fully saturated rings. The molecule has 3 rings (SSSR count). The van der Waals surface area contributed by atoms with Crippen molar-refractivity contribution in [3.63, 3.8) is 0 Å². The van der Waals surface area contributed by atoms with Gasteiger partial charge in [-0.2, -0.15) is 5.10 Å². The summed E-state index contributed by atoms with van der Waals surface area (Å²) in [5.41, 5.74) is 1.33. The van der Waals surface area contributed by atoms with Crippen molar-refractivity contribution in [1.82, 2.24) is 24.8 Å². The summed E-state index contributed by atoms with van der Waals surface area (Å²) in [4.78, 5) is 4.45. The molecule has 3 aromatic heterocycles. The molecule has 3 aromatic rings. The number of hydrogen-bond acceptors (Lipinski definition) is 5. The minimum absolute atomic E-state index is 0.216. The summed E-state index contributed by atoms with van der Waals surface area (Å²) in [6, 6.07) is 3.47. The van der Waals surface area contributed by atoms with Gasteiger partial charge < -0.3 is 4.42 Å². The van der Waals surface area contributed by atoms with Crippen molar-refractivity contribution < 1.29 is 4.42 Å². The van der Waals surface area contributed by atoms with Crippen LogP contribution in [-0.4, -0.2) is 24.8 Å². The normalized spacial score (nSPS) is 11.2. The highest BCUT2D eigenvalue weighted by Crippen LogP contribution is 2.22. The van der Waals surface area contributed by atoms with Gasteiger partial charge in [-0.3, -0.25) is 0 Å². The molecule has 0 aliphatic heterocycles. The Morgan fingerprint density at radius 2 is 2.29 bits per heavy atom. The summed E-state index contributed by atoms with van der Waals surface area (Å²) < 4.78 is 6.76. The first kappa shape index (κ1) is 10.4. The van der Waals surface area contributed by atoms with Crippen LogP contribution in [0.5, 0.6) is 0 Å². The number of pyridine rings is 1. The summed E-state index contributed by atoms with van der Waals surface area (Å²) in [6.07, 6.45) is 0. The lowest BCUT2D eigenvalue weighted by molar-refractivity contribution is 0.552. The van der Waals surface area contributed by atoms with Gasteiger partial charge in [0.15, 0.2) is 5.65 Å². The van der Waals surface area contributed by atoms with E-state index >= 15 is 0 Å². The molecule has 0 aliphatic rings. The van der Waals surface area contributed by atoms with Crippen molar-refractivity contribution in [1.29, 1.82) is 0 Å². The fraction of sp³-hybridized carbons (Fsp3) is 0.111. The first-order chi connectivity index (χ1) is 8.13. The second kappa shape index (κ2) is 3.64. The highest BCUT2D eigenvalue weighted by atomic mass is 35.5. The molecule has 0 atom stereocenters. The molecule has 6 nitrogen and oxygen atoms in total. The van der Waals surface area contributed by atoms with E-state index in [9.17, 15) is 0 Å². The van der Waals surface area contributed by atoms with Crippen LogP contribution in [0.25, 0.3) is 17.1 Å². The van der Waals surface area contributed by atoms with E-state index in [1.807, 2.05) is 0 Å². The fourth-order valence-electron chi connectivity index (χ4n) is 1.53. The molecular weight excluding hydrogens is 262 g/mol. The molecule has 17 heavy (non-hydrogen) atoms. The number of aromatic amines is 1. The SMILES string of the molecule is Cc1nc2cc(-c3n[nH]c(=S)o3)cc(Cl)n2n1. The summed E-state index contributed by atoms with van der Waals surface area (Å²) in [7, 11) is 0. The molecule has 0 amide bonds. The third kappa shape index (κ3) is 1.73. The van der Waals surface area contributed by atoms with Gasteiger partial charge in [0.1, 0.15) is 11.0 Å². The number of nitrogens with zero attached hydrogens (tertiary/aromatic N) is 4. The standard InChI is InChI=1S/C9H6ClN5OS/c1-4-11-7-3-5(2-6(10)15(7)14-4)8-12-13-9(17)16-8/h2-3H,1H3,(H,13,17). The van der Waals surface area contributed by atoms with Crippen molar-refractivity contribution in [2.45, 2.75) is 6.92 Å².